The van der Waals surface area contributed by atoms with E-state index in [1.54, 1.807) is 18.0 Å². The number of nitrogens with zero attached hydrogens (tertiary/aromatic N) is 2. The van der Waals surface area contributed by atoms with Crippen molar-refractivity contribution in [2.75, 3.05) is 44.7 Å². The highest BCUT2D eigenvalue weighted by molar-refractivity contribution is 5.79. The second-order valence-electron chi connectivity index (χ2n) is 7.59. The molecule has 1 aliphatic heterocycles. The van der Waals surface area contributed by atoms with Crippen molar-refractivity contribution in [2.24, 2.45) is 0 Å². The number of quaternary nitrogens is 1. The quantitative estimate of drug-likeness (QED) is 0.772. The third-order valence-electron chi connectivity index (χ3n) is 5.58. The second-order valence-corrected chi connectivity index (χ2v) is 7.59. The summed E-state index contributed by atoms with van der Waals surface area (Å²) in [5.41, 5.74) is 1.93. The van der Waals surface area contributed by atoms with Crippen molar-refractivity contribution >= 4 is 11.6 Å². The molecule has 1 heterocycles. The van der Waals surface area contributed by atoms with E-state index in [-0.39, 0.29) is 17.8 Å². The number of halogens is 1. The summed E-state index contributed by atoms with van der Waals surface area (Å²) in [6, 6.07) is 14.4. The molecule has 1 atom stereocenters. The van der Waals surface area contributed by atoms with Crippen LogP contribution in [0.15, 0.2) is 48.5 Å². The van der Waals surface area contributed by atoms with Gasteiger partial charge in [-0.3, -0.25) is 4.79 Å². The lowest BCUT2D eigenvalue weighted by molar-refractivity contribution is -0.915. The fourth-order valence-electron chi connectivity index (χ4n) is 3.96. The third-order valence-corrected chi connectivity index (χ3v) is 5.58. The van der Waals surface area contributed by atoms with Gasteiger partial charge in [-0.25, -0.2) is 4.39 Å². The number of anilines is 1. The van der Waals surface area contributed by atoms with Crippen LogP contribution in [0.4, 0.5) is 10.1 Å². The molecule has 29 heavy (non-hydrogen) atoms. The van der Waals surface area contributed by atoms with E-state index in [4.69, 9.17) is 4.74 Å². The Labute approximate surface area is 172 Å². The van der Waals surface area contributed by atoms with Crippen molar-refractivity contribution in [3.05, 3.63) is 59.9 Å². The summed E-state index contributed by atoms with van der Waals surface area (Å²) in [6.45, 7) is 8.58. The molecular weight excluding hydrogens is 369 g/mol. The van der Waals surface area contributed by atoms with Crippen molar-refractivity contribution < 1.29 is 18.8 Å². The predicted molar refractivity (Wildman–Crippen MR) is 113 cm³/mol. The van der Waals surface area contributed by atoms with Crippen LogP contribution < -0.4 is 14.5 Å². The van der Waals surface area contributed by atoms with E-state index in [1.807, 2.05) is 38.1 Å². The van der Waals surface area contributed by atoms with Crippen LogP contribution in [-0.4, -0.2) is 56.7 Å². The molecule has 156 valence electrons. The molecule has 1 fully saturated rings. The molecule has 0 saturated carbocycles. The van der Waals surface area contributed by atoms with E-state index in [0.29, 0.717) is 13.2 Å². The number of ether oxygens (including phenoxy) is 1. The molecule has 2 aromatic carbocycles. The topological polar surface area (TPSA) is 37.2 Å². The van der Waals surface area contributed by atoms with Gasteiger partial charge in [-0.1, -0.05) is 24.3 Å². The summed E-state index contributed by atoms with van der Waals surface area (Å²) in [4.78, 5) is 18.2. The maximum absolute atomic E-state index is 13.4. The number of likely N-dealkylation sites (N-methyl/N-ethyl adjacent to an activating group) is 1. The molecule has 0 spiro atoms. The minimum absolute atomic E-state index is 0.0902. The number of hydrogen-bond acceptors (Lipinski definition) is 3. The summed E-state index contributed by atoms with van der Waals surface area (Å²) in [7, 11) is 1.79. The molecule has 5 nitrogen and oxygen atoms in total. The zero-order valence-electron chi connectivity index (χ0n) is 17.5. The first-order valence-electron chi connectivity index (χ1n) is 10.3. The normalized spacial score (nSPS) is 15.8. The summed E-state index contributed by atoms with van der Waals surface area (Å²) < 4.78 is 19.2. The number of benzene rings is 2. The Kier molecular flexibility index (Phi) is 7.09. The Morgan fingerprint density at radius 2 is 1.93 bits per heavy atom. The van der Waals surface area contributed by atoms with Gasteiger partial charge in [0, 0.05) is 13.6 Å². The lowest BCUT2D eigenvalue weighted by Gasteiger charge is -2.37. The van der Waals surface area contributed by atoms with Crippen LogP contribution in [0.1, 0.15) is 19.4 Å². The average Bonchev–Trinajstić information content (AvgIpc) is 2.73. The first kappa shape index (κ1) is 21.1. The fraction of sp³-hybridized carbons (Fsp3) is 0.435. The number of piperazine rings is 1. The van der Waals surface area contributed by atoms with Crippen molar-refractivity contribution in [3.8, 4) is 5.75 Å². The molecule has 1 aliphatic rings. The maximum atomic E-state index is 13.4. The molecule has 1 saturated heterocycles. The van der Waals surface area contributed by atoms with Gasteiger partial charge in [-0.2, -0.15) is 0 Å². The first-order chi connectivity index (χ1) is 14.0. The van der Waals surface area contributed by atoms with Crippen molar-refractivity contribution in [3.63, 3.8) is 0 Å². The van der Waals surface area contributed by atoms with Gasteiger partial charge in [-0.05, 0) is 43.7 Å². The molecule has 0 aliphatic carbocycles. The smallest absolute Gasteiger partial charge is 0.280 e. The Morgan fingerprint density at radius 3 is 2.62 bits per heavy atom. The molecular formula is C23H31FN3O2+. The highest BCUT2D eigenvalue weighted by Gasteiger charge is 2.31. The fourth-order valence-corrected chi connectivity index (χ4v) is 3.96. The largest absolute Gasteiger partial charge is 0.492 e. The molecule has 0 aromatic heterocycles. The van der Waals surface area contributed by atoms with Crippen LogP contribution >= 0.6 is 0 Å². The van der Waals surface area contributed by atoms with Crippen LogP contribution in [0.3, 0.4) is 0 Å². The molecule has 2 aromatic rings. The maximum Gasteiger partial charge on any atom is 0.280 e. The SMILES string of the molecule is CCOc1ccccc1N1CC[NH+]([C@H](C)C(=O)N(C)Cc2cccc(F)c2)CC1. The molecule has 1 amide bonds. The van der Waals surface area contributed by atoms with E-state index < -0.39 is 0 Å². The summed E-state index contributed by atoms with van der Waals surface area (Å²) >= 11 is 0. The van der Waals surface area contributed by atoms with E-state index in [1.165, 1.54) is 17.0 Å². The van der Waals surface area contributed by atoms with Crippen LogP contribution in [0.5, 0.6) is 5.75 Å². The van der Waals surface area contributed by atoms with E-state index in [2.05, 4.69) is 11.0 Å². The highest BCUT2D eigenvalue weighted by atomic mass is 19.1. The van der Waals surface area contributed by atoms with Crippen LogP contribution in [-0.2, 0) is 11.3 Å². The predicted octanol–water partition coefficient (Wildman–Crippen LogP) is 1.98. The van der Waals surface area contributed by atoms with Gasteiger partial charge in [-0.15, -0.1) is 0 Å². The lowest BCUT2D eigenvalue weighted by atomic mass is 10.1. The van der Waals surface area contributed by atoms with Crippen LogP contribution in [0.2, 0.25) is 0 Å². The first-order valence-corrected chi connectivity index (χ1v) is 10.3. The van der Waals surface area contributed by atoms with Gasteiger partial charge in [0.15, 0.2) is 6.04 Å². The van der Waals surface area contributed by atoms with Gasteiger partial charge in [0.25, 0.3) is 5.91 Å². The highest BCUT2D eigenvalue weighted by Crippen LogP contribution is 2.27. The number of carbonyl (C=O) groups excluding carboxylic acids is 1. The Bertz CT molecular complexity index is 821. The zero-order chi connectivity index (χ0) is 20.8. The van der Waals surface area contributed by atoms with E-state index in [9.17, 15) is 9.18 Å². The van der Waals surface area contributed by atoms with E-state index in [0.717, 1.165) is 43.2 Å². The summed E-state index contributed by atoms with van der Waals surface area (Å²) in [5.74, 6) is 0.732. The van der Waals surface area contributed by atoms with Gasteiger partial charge >= 0.3 is 0 Å². The lowest BCUT2D eigenvalue weighted by Crippen LogP contribution is -3.19. The van der Waals surface area contributed by atoms with Gasteiger partial charge in [0.1, 0.15) is 11.6 Å². The van der Waals surface area contributed by atoms with Crippen molar-refractivity contribution in [2.45, 2.75) is 26.4 Å². The van der Waals surface area contributed by atoms with Gasteiger partial charge in [0.05, 0.1) is 38.5 Å². The Balaban J connectivity index is 1.56. The van der Waals surface area contributed by atoms with Crippen molar-refractivity contribution in [1.29, 1.82) is 0 Å². The number of para-hydroxylation sites is 2. The number of carbonyl (C=O) groups is 1. The Hall–Kier alpha value is -2.60. The van der Waals surface area contributed by atoms with Crippen molar-refractivity contribution in [1.82, 2.24) is 4.90 Å². The zero-order valence-corrected chi connectivity index (χ0v) is 17.5. The molecule has 0 bridgehead atoms. The number of hydrogen-bond donors (Lipinski definition) is 1. The Morgan fingerprint density at radius 1 is 1.21 bits per heavy atom. The molecule has 0 radical (unpaired) electrons. The number of nitrogens with one attached hydrogen (secondary N) is 1. The minimum atomic E-state index is -0.273. The molecule has 3 rings (SSSR count). The summed E-state index contributed by atoms with van der Waals surface area (Å²) in [5, 5.41) is 0. The average molecular weight is 401 g/mol. The monoisotopic (exact) mass is 400 g/mol. The standard InChI is InChI=1S/C23H30FN3O2/c1-4-29-22-11-6-5-10-21(22)27-14-12-26(13-15-27)18(2)23(28)25(3)17-19-8-7-9-20(24)16-19/h5-11,16,18H,4,12-15,17H2,1-3H3/p+1/t18-/m1/s1. The van der Waals surface area contributed by atoms with E-state index >= 15 is 0 Å². The number of amides is 1. The second kappa shape index (κ2) is 9.74. The van der Waals surface area contributed by atoms with Crippen LogP contribution in [0.25, 0.3) is 0 Å². The van der Waals surface area contributed by atoms with Gasteiger partial charge < -0.3 is 19.4 Å². The minimum Gasteiger partial charge on any atom is -0.492 e. The molecule has 0 unspecified atom stereocenters. The molecule has 1 N–H and O–H groups in total. The van der Waals surface area contributed by atoms with Crippen LogP contribution in [0, 0.1) is 5.82 Å². The molecule has 6 heteroatoms. The van der Waals surface area contributed by atoms with Gasteiger partial charge in [0.2, 0.25) is 0 Å². The third kappa shape index (κ3) is 5.26. The number of rotatable bonds is 7. The summed E-state index contributed by atoms with van der Waals surface area (Å²) in [6.07, 6.45) is 0.